The number of benzene rings is 1. The van der Waals surface area contributed by atoms with Crippen LogP contribution < -0.4 is 4.74 Å². The zero-order chi connectivity index (χ0) is 10.6. The molecule has 1 aromatic carbocycles. The SMILES string of the molecule is C=CCCc1ccc(OC)c(F)c1F. The summed E-state index contributed by atoms with van der Waals surface area (Å²) in [7, 11) is 1.31. The van der Waals surface area contributed by atoms with Crippen molar-refractivity contribution in [2.45, 2.75) is 12.8 Å². The molecule has 0 bridgehead atoms. The lowest BCUT2D eigenvalue weighted by molar-refractivity contribution is 0.370. The van der Waals surface area contributed by atoms with Crippen LogP contribution in [0.15, 0.2) is 24.8 Å². The first-order chi connectivity index (χ1) is 6.70. The van der Waals surface area contributed by atoms with Crippen LogP contribution in [0.4, 0.5) is 8.78 Å². The van der Waals surface area contributed by atoms with Crippen molar-refractivity contribution in [1.29, 1.82) is 0 Å². The van der Waals surface area contributed by atoms with Gasteiger partial charge in [0.05, 0.1) is 7.11 Å². The normalized spacial score (nSPS) is 9.93. The zero-order valence-corrected chi connectivity index (χ0v) is 8.02. The second-order valence-electron chi connectivity index (χ2n) is 2.88. The van der Waals surface area contributed by atoms with Gasteiger partial charge in [0.25, 0.3) is 0 Å². The molecule has 0 aromatic heterocycles. The smallest absolute Gasteiger partial charge is 0.200 e. The van der Waals surface area contributed by atoms with Gasteiger partial charge in [-0.3, -0.25) is 0 Å². The van der Waals surface area contributed by atoms with Gasteiger partial charge in [0.2, 0.25) is 5.82 Å². The minimum absolute atomic E-state index is 0.0650. The number of allylic oxidation sites excluding steroid dienone is 1. The highest BCUT2D eigenvalue weighted by molar-refractivity contribution is 5.31. The van der Waals surface area contributed by atoms with Crippen molar-refractivity contribution in [2.75, 3.05) is 7.11 Å². The minimum atomic E-state index is -0.922. The van der Waals surface area contributed by atoms with E-state index >= 15 is 0 Å². The van der Waals surface area contributed by atoms with Crippen molar-refractivity contribution >= 4 is 0 Å². The van der Waals surface area contributed by atoms with Gasteiger partial charge in [-0.2, -0.15) is 4.39 Å². The second-order valence-corrected chi connectivity index (χ2v) is 2.88. The Kier molecular flexibility index (Phi) is 3.63. The predicted octanol–water partition coefficient (Wildman–Crippen LogP) is 3.09. The molecule has 0 radical (unpaired) electrons. The number of hydrogen-bond donors (Lipinski definition) is 0. The minimum Gasteiger partial charge on any atom is -0.494 e. The van der Waals surface area contributed by atoms with Gasteiger partial charge in [-0.25, -0.2) is 4.39 Å². The zero-order valence-electron chi connectivity index (χ0n) is 8.02. The van der Waals surface area contributed by atoms with Gasteiger partial charge in [0, 0.05) is 0 Å². The first kappa shape index (κ1) is 10.7. The summed E-state index contributed by atoms with van der Waals surface area (Å²) in [6.07, 6.45) is 2.75. The molecule has 1 nitrogen and oxygen atoms in total. The van der Waals surface area contributed by atoms with Crippen LogP contribution in [0.5, 0.6) is 5.75 Å². The average molecular weight is 198 g/mol. The highest BCUT2D eigenvalue weighted by Crippen LogP contribution is 2.23. The molecule has 1 aromatic rings. The van der Waals surface area contributed by atoms with E-state index in [-0.39, 0.29) is 5.75 Å². The molecule has 0 fully saturated rings. The summed E-state index contributed by atoms with van der Waals surface area (Å²) < 4.78 is 31.1. The molecule has 0 aliphatic rings. The largest absolute Gasteiger partial charge is 0.494 e. The Morgan fingerprint density at radius 1 is 1.36 bits per heavy atom. The van der Waals surface area contributed by atoms with Crippen LogP contribution in [-0.4, -0.2) is 7.11 Å². The maximum atomic E-state index is 13.3. The van der Waals surface area contributed by atoms with E-state index in [1.54, 1.807) is 6.08 Å². The van der Waals surface area contributed by atoms with E-state index in [4.69, 9.17) is 0 Å². The molecule has 14 heavy (non-hydrogen) atoms. The molecule has 0 aliphatic carbocycles. The third-order valence-electron chi connectivity index (χ3n) is 1.96. The lowest BCUT2D eigenvalue weighted by Gasteiger charge is -2.06. The highest BCUT2D eigenvalue weighted by atomic mass is 19.2. The number of rotatable bonds is 4. The van der Waals surface area contributed by atoms with Crippen molar-refractivity contribution < 1.29 is 13.5 Å². The standard InChI is InChI=1S/C11H12F2O/c1-3-4-5-8-6-7-9(14-2)11(13)10(8)12/h3,6-7H,1,4-5H2,2H3. The third-order valence-corrected chi connectivity index (χ3v) is 1.96. The second kappa shape index (κ2) is 4.74. The lowest BCUT2D eigenvalue weighted by atomic mass is 10.1. The summed E-state index contributed by atoms with van der Waals surface area (Å²) in [5, 5.41) is 0. The Labute approximate surface area is 82.0 Å². The van der Waals surface area contributed by atoms with Crippen LogP contribution in [0.2, 0.25) is 0 Å². The summed E-state index contributed by atoms with van der Waals surface area (Å²) in [5.41, 5.74) is 0.350. The predicted molar refractivity (Wildman–Crippen MR) is 51.4 cm³/mol. The third kappa shape index (κ3) is 2.10. The summed E-state index contributed by atoms with van der Waals surface area (Å²) in [4.78, 5) is 0. The number of aryl methyl sites for hydroxylation is 1. The van der Waals surface area contributed by atoms with Gasteiger partial charge in [-0.1, -0.05) is 12.1 Å². The van der Waals surface area contributed by atoms with Gasteiger partial charge < -0.3 is 4.74 Å². The number of halogens is 2. The van der Waals surface area contributed by atoms with Crippen molar-refractivity contribution in [1.82, 2.24) is 0 Å². The number of hydrogen-bond acceptors (Lipinski definition) is 1. The molecule has 0 N–H and O–H groups in total. The molecule has 0 heterocycles. The lowest BCUT2D eigenvalue weighted by Crippen LogP contribution is -1.97. The highest BCUT2D eigenvalue weighted by Gasteiger charge is 2.12. The van der Waals surface area contributed by atoms with Crippen molar-refractivity contribution in [3.63, 3.8) is 0 Å². The van der Waals surface area contributed by atoms with Crippen LogP contribution in [0.25, 0.3) is 0 Å². The van der Waals surface area contributed by atoms with Gasteiger partial charge in [0.1, 0.15) is 0 Å². The van der Waals surface area contributed by atoms with Gasteiger partial charge >= 0.3 is 0 Å². The molecule has 0 unspecified atom stereocenters. The molecule has 0 saturated carbocycles. The Hall–Kier alpha value is -1.38. The molecule has 1 rings (SSSR count). The fourth-order valence-corrected chi connectivity index (χ4v) is 1.18. The van der Waals surface area contributed by atoms with Crippen LogP contribution in [-0.2, 0) is 6.42 Å². The van der Waals surface area contributed by atoms with Crippen molar-refractivity contribution in [2.24, 2.45) is 0 Å². The molecule has 0 spiro atoms. The van der Waals surface area contributed by atoms with Crippen molar-refractivity contribution in [3.8, 4) is 5.75 Å². The Balaban J connectivity index is 2.98. The van der Waals surface area contributed by atoms with E-state index in [2.05, 4.69) is 11.3 Å². The fraction of sp³-hybridized carbons (Fsp3) is 0.273. The maximum Gasteiger partial charge on any atom is 0.200 e. The fourth-order valence-electron chi connectivity index (χ4n) is 1.18. The van der Waals surface area contributed by atoms with E-state index in [1.807, 2.05) is 0 Å². The first-order valence-electron chi connectivity index (χ1n) is 4.32. The number of ether oxygens (including phenoxy) is 1. The average Bonchev–Trinajstić information content (AvgIpc) is 2.20. The Bertz CT molecular complexity index is 334. The topological polar surface area (TPSA) is 9.23 Å². The van der Waals surface area contributed by atoms with Gasteiger partial charge in [-0.15, -0.1) is 6.58 Å². The molecular weight excluding hydrogens is 186 g/mol. The molecule has 3 heteroatoms. The molecule has 0 atom stereocenters. The molecule has 0 saturated heterocycles. The van der Waals surface area contributed by atoms with Crippen LogP contribution in [0.3, 0.4) is 0 Å². The van der Waals surface area contributed by atoms with Crippen LogP contribution >= 0.6 is 0 Å². The van der Waals surface area contributed by atoms with E-state index < -0.39 is 11.6 Å². The van der Waals surface area contributed by atoms with Gasteiger partial charge in [-0.05, 0) is 24.5 Å². The molecule has 76 valence electrons. The van der Waals surface area contributed by atoms with Gasteiger partial charge in [0.15, 0.2) is 11.6 Å². The Morgan fingerprint density at radius 2 is 2.07 bits per heavy atom. The van der Waals surface area contributed by atoms with E-state index in [9.17, 15) is 8.78 Å². The summed E-state index contributed by atoms with van der Waals surface area (Å²) >= 11 is 0. The van der Waals surface area contributed by atoms with Crippen LogP contribution in [0, 0.1) is 11.6 Å². The summed E-state index contributed by atoms with van der Waals surface area (Å²) in [6.45, 7) is 3.52. The van der Waals surface area contributed by atoms with Crippen LogP contribution in [0.1, 0.15) is 12.0 Å². The molecule has 0 amide bonds. The molecule has 0 aliphatic heterocycles. The monoisotopic (exact) mass is 198 g/mol. The Morgan fingerprint density at radius 3 is 2.64 bits per heavy atom. The van der Waals surface area contributed by atoms with E-state index in [1.165, 1.54) is 19.2 Å². The first-order valence-corrected chi connectivity index (χ1v) is 4.32. The van der Waals surface area contributed by atoms with E-state index in [0.29, 0.717) is 18.4 Å². The summed E-state index contributed by atoms with van der Waals surface area (Å²) in [6, 6.07) is 2.96. The van der Waals surface area contributed by atoms with E-state index in [0.717, 1.165) is 0 Å². The summed E-state index contributed by atoms with van der Waals surface area (Å²) in [5.74, 6) is -1.81. The molecular formula is C11H12F2O. The quantitative estimate of drug-likeness (QED) is 0.675. The number of methoxy groups -OCH3 is 1. The maximum absolute atomic E-state index is 13.3. The van der Waals surface area contributed by atoms with Crippen molar-refractivity contribution in [3.05, 3.63) is 42.0 Å².